The number of benzene rings is 3. The molecule has 3 aromatic carbocycles. The number of nitrogens with one attached hydrogen (secondary N) is 1. The second kappa shape index (κ2) is 8.77. The molecule has 0 aliphatic carbocycles. The molecule has 1 amide bonds. The summed E-state index contributed by atoms with van der Waals surface area (Å²) >= 11 is 12.5. The number of nitrogens with zero attached hydrogens (tertiary/aromatic N) is 1. The van der Waals surface area contributed by atoms with E-state index in [1.165, 1.54) is 0 Å². The van der Waals surface area contributed by atoms with E-state index in [-0.39, 0.29) is 18.0 Å². The van der Waals surface area contributed by atoms with Crippen LogP contribution in [0.4, 0.5) is 0 Å². The lowest BCUT2D eigenvalue weighted by Gasteiger charge is -2.27. The molecule has 0 spiro atoms. The highest BCUT2D eigenvalue weighted by atomic mass is 35.5. The number of fused-ring (bicyclic) bond motifs is 2. The fourth-order valence-electron chi connectivity index (χ4n) is 4.67. The van der Waals surface area contributed by atoms with E-state index in [1.807, 2.05) is 60.7 Å². The maximum atomic E-state index is 13.6. The van der Waals surface area contributed by atoms with Crippen molar-refractivity contribution in [3.63, 3.8) is 0 Å². The number of para-hydroxylation sites is 1. The Kier molecular flexibility index (Phi) is 5.81. The van der Waals surface area contributed by atoms with Gasteiger partial charge in [0.1, 0.15) is 11.4 Å². The highest BCUT2D eigenvalue weighted by molar-refractivity contribution is 6.35. The lowest BCUT2D eigenvalue weighted by molar-refractivity contribution is 0.0914. The van der Waals surface area contributed by atoms with Crippen molar-refractivity contribution in [2.45, 2.75) is 32.4 Å². The van der Waals surface area contributed by atoms with Crippen LogP contribution in [0.25, 0.3) is 22.0 Å². The topological polar surface area (TPSA) is 43.3 Å². The molecule has 0 bridgehead atoms. The summed E-state index contributed by atoms with van der Waals surface area (Å²) in [6, 6.07) is 21.5. The minimum Gasteiger partial charge on any atom is -0.493 e. The third-order valence-electron chi connectivity index (χ3n) is 6.07. The van der Waals surface area contributed by atoms with Crippen LogP contribution < -0.4 is 10.1 Å². The van der Waals surface area contributed by atoms with Crippen molar-refractivity contribution in [1.29, 1.82) is 0 Å². The Morgan fingerprint density at radius 2 is 1.79 bits per heavy atom. The van der Waals surface area contributed by atoms with E-state index in [1.54, 1.807) is 6.07 Å². The molecule has 0 saturated carbocycles. The monoisotopic (exact) mass is 478 g/mol. The molecule has 1 atom stereocenters. The van der Waals surface area contributed by atoms with E-state index in [2.05, 4.69) is 23.7 Å². The molecular formula is C27H24Cl2N2O2. The summed E-state index contributed by atoms with van der Waals surface area (Å²) in [6.45, 7) is 4.75. The standard InChI is InChI=1S/C27H24Cl2N2O2/c1-16(2)31-24-8-5-7-20(17-12-18(28)14-19(29)13-17)22(24)15-25(31)27(32)30-23-10-11-33-26-9-4-3-6-21(23)26/h3-9,12-16,23H,10-11H2,1-2H3,(H,30,32). The third kappa shape index (κ3) is 4.09. The summed E-state index contributed by atoms with van der Waals surface area (Å²) in [7, 11) is 0. The number of halogens is 2. The van der Waals surface area contributed by atoms with Crippen molar-refractivity contribution in [1.82, 2.24) is 9.88 Å². The second-order valence-electron chi connectivity index (χ2n) is 8.59. The van der Waals surface area contributed by atoms with E-state index < -0.39 is 0 Å². The van der Waals surface area contributed by atoms with Crippen LogP contribution in [0.2, 0.25) is 10.0 Å². The Labute approximate surface area is 203 Å². The van der Waals surface area contributed by atoms with Crippen LogP contribution in [0.15, 0.2) is 66.7 Å². The lowest BCUT2D eigenvalue weighted by Crippen LogP contribution is -2.33. The fourth-order valence-corrected chi connectivity index (χ4v) is 5.19. The van der Waals surface area contributed by atoms with Gasteiger partial charge in [0, 0.05) is 39.0 Å². The molecule has 1 aromatic heterocycles. The number of amides is 1. The van der Waals surface area contributed by atoms with Crippen LogP contribution in [-0.4, -0.2) is 17.1 Å². The molecule has 1 aliphatic rings. The van der Waals surface area contributed by atoms with Gasteiger partial charge in [-0.3, -0.25) is 4.79 Å². The molecule has 1 unspecified atom stereocenters. The molecule has 2 heterocycles. The van der Waals surface area contributed by atoms with Gasteiger partial charge >= 0.3 is 0 Å². The maximum Gasteiger partial charge on any atom is 0.268 e. The zero-order chi connectivity index (χ0) is 23.1. The maximum absolute atomic E-state index is 13.6. The van der Waals surface area contributed by atoms with Crippen molar-refractivity contribution < 1.29 is 9.53 Å². The van der Waals surface area contributed by atoms with Gasteiger partial charge in [0.2, 0.25) is 0 Å². The Balaban J connectivity index is 1.59. The van der Waals surface area contributed by atoms with E-state index >= 15 is 0 Å². The number of aromatic nitrogens is 1. The van der Waals surface area contributed by atoms with Crippen LogP contribution in [0, 0.1) is 0 Å². The van der Waals surface area contributed by atoms with Gasteiger partial charge in [-0.15, -0.1) is 0 Å². The molecule has 0 radical (unpaired) electrons. The van der Waals surface area contributed by atoms with Gasteiger partial charge in [-0.25, -0.2) is 0 Å². The van der Waals surface area contributed by atoms with Gasteiger partial charge in [0.25, 0.3) is 5.91 Å². The molecular weight excluding hydrogens is 455 g/mol. The lowest BCUT2D eigenvalue weighted by atomic mass is 10.0. The summed E-state index contributed by atoms with van der Waals surface area (Å²) in [5.74, 6) is 0.732. The van der Waals surface area contributed by atoms with E-state index in [4.69, 9.17) is 27.9 Å². The van der Waals surface area contributed by atoms with Crippen LogP contribution in [-0.2, 0) is 0 Å². The zero-order valence-corrected chi connectivity index (χ0v) is 20.0. The first-order valence-electron chi connectivity index (χ1n) is 11.1. The quantitative estimate of drug-likeness (QED) is 0.330. The molecule has 5 rings (SSSR count). The van der Waals surface area contributed by atoms with Crippen LogP contribution in [0.1, 0.15) is 48.4 Å². The van der Waals surface area contributed by atoms with Crippen LogP contribution in [0.5, 0.6) is 5.75 Å². The highest BCUT2D eigenvalue weighted by Crippen LogP contribution is 2.36. The van der Waals surface area contributed by atoms with Gasteiger partial charge < -0.3 is 14.6 Å². The first-order valence-corrected chi connectivity index (χ1v) is 11.8. The highest BCUT2D eigenvalue weighted by Gasteiger charge is 2.26. The van der Waals surface area contributed by atoms with E-state index in [0.717, 1.165) is 39.8 Å². The van der Waals surface area contributed by atoms with Crippen molar-refractivity contribution >= 4 is 40.0 Å². The third-order valence-corrected chi connectivity index (χ3v) is 6.51. The SMILES string of the molecule is CC(C)n1c(C(=O)NC2CCOc3ccccc32)cc2c(-c3cc(Cl)cc(Cl)c3)cccc21. The first kappa shape index (κ1) is 21.9. The van der Waals surface area contributed by atoms with Crippen molar-refractivity contribution in [3.05, 3.63) is 88.0 Å². The van der Waals surface area contributed by atoms with E-state index in [9.17, 15) is 4.79 Å². The Bertz CT molecular complexity index is 1340. The molecule has 4 nitrogen and oxygen atoms in total. The van der Waals surface area contributed by atoms with Gasteiger partial charge in [0.05, 0.1) is 12.6 Å². The largest absolute Gasteiger partial charge is 0.493 e. The minimum atomic E-state index is -0.100. The number of ether oxygens (including phenoxy) is 1. The van der Waals surface area contributed by atoms with Gasteiger partial charge in [0.15, 0.2) is 0 Å². The Morgan fingerprint density at radius 3 is 2.55 bits per heavy atom. The van der Waals surface area contributed by atoms with Crippen LogP contribution in [0.3, 0.4) is 0 Å². The number of rotatable bonds is 4. The zero-order valence-electron chi connectivity index (χ0n) is 18.4. The second-order valence-corrected chi connectivity index (χ2v) is 9.46. The number of hydrogen-bond acceptors (Lipinski definition) is 2. The van der Waals surface area contributed by atoms with Crippen molar-refractivity contribution in [3.8, 4) is 16.9 Å². The predicted molar refractivity (Wildman–Crippen MR) is 135 cm³/mol. The molecule has 1 N–H and O–H groups in total. The number of hydrogen-bond donors (Lipinski definition) is 1. The Hall–Kier alpha value is -2.95. The molecule has 4 aromatic rings. The smallest absolute Gasteiger partial charge is 0.268 e. The summed E-state index contributed by atoms with van der Waals surface area (Å²) in [5.41, 5.74) is 4.55. The fraction of sp³-hybridized carbons (Fsp3) is 0.222. The molecule has 168 valence electrons. The van der Waals surface area contributed by atoms with Gasteiger partial charge in [-0.1, -0.05) is 53.5 Å². The van der Waals surface area contributed by atoms with E-state index in [0.29, 0.717) is 22.3 Å². The average molecular weight is 479 g/mol. The molecule has 0 fully saturated rings. The minimum absolute atomic E-state index is 0.0905. The van der Waals surface area contributed by atoms with Crippen LogP contribution >= 0.6 is 23.2 Å². The molecule has 1 aliphatic heterocycles. The molecule has 0 saturated heterocycles. The first-order chi connectivity index (χ1) is 15.9. The predicted octanol–water partition coefficient (Wildman–Crippen LogP) is 7.45. The number of carbonyl (C=O) groups is 1. The van der Waals surface area contributed by atoms with Crippen molar-refractivity contribution in [2.24, 2.45) is 0 Å². The normalized spacial score (nSPS) is 15.4. The summed E-state index contributed by atoms with van der Waals surface area (Å²) < 4.78 is 7.85. The summed E-state index contributed by atoms with van der Waals surface area (Å²) in [4.78, 5) is 13.6. The summed E-state index contributed by atoms with van der Waals surface area (Å²) in [6.07, 6.45) is 0.733. The Morgan fingerprint density at radius 1 is 1.03 bits per heavy atom. The van der Waals surface area contributed by atoms with Gasteiger partial charge in [-0.2, -0.15) is 0 Å². The number of carbonyl (C=O) groups excluding carboxylic acids is 1. The molecule has 33 heavy (non-hydrogen) atoms. The van der Waals surface area contributed by atoms with Crippen molar-refractivity contribution in [2.75, 3.05) is 6.61 Å². The average Bonchev–Trinajstić information content (AvgIpc) is 3.19. The van der Waals surface area contributed by atoms with Gasteiger partial charge in [-0.05, 0) is 61.4 Å². The molecule has 6 heteroatoms. The summed E-state index contributed by atoms with van der Waals surface area (Å²) in [5, 5.41) is 5.39.